The lowest BCUT2D eigenvalue weighted by Crippen LogP contribution is -2.20. The van der Waals surface area contributed by atoms with Crippen molar-refractivity contribution in [3.63, 3.8) is 0 Å². The van der Waals surface area contributed by atoms with E-state index in [-0.39, 0.29) is 17.9 Å². The minimum Gasteiger partial charge on any atom is -0.489 e. The van der Waals surface area contributed by atoms with Crippen LogP contribution in [0, 0.1) is 5.92 Å². The Hall–Kier alpha value is -3.09. The Kier molecular flexibility index (Phi) is 2.83. The first-order chi connectivity index (χ1) is 12.1. The maximum atomic E-state index is 11.5. The number of carbonyl (C=O) groups is 2. The van der Waals surface area contributed by atoms with E-state index in [9.17, 15) is 14.7 Å². The summed E-state index contributed by atoms with van der Waals surface area (Å²) >= 11 is 0. The highest BCUT2D eigenvalue weighted by molar-refractivity contribution is 5.93. The Bertz CT molecular complexity index is 926. The zero-order valence-corrected chi connectivity index (χ0v) is 13.1. The van der Waals surface area contributed by atoms with Gasteiger partial charge in [-0.3, -0.25) is 9.59 Å². The van der Waals surface area contributed by atoms with Crippen molar-refractivity contribution in [2.75, 3.05) is 5.32 Å². The zero-order chi connectivity index (χ0) is 17.1. The van der Waals surface area contributed by atoms with Gasteiger partial charge in [0.15, 0.2) is 0 Å². The van der Waals surface area contributed by atoms with Gasteiger partial charge >= 0.3 is 5.97 Å². The number of aromatic nitrogens is 1. The maximum Gasteiger partial charge on any atom is 0.311 e. The molecule has 3 aliphatic rings. The van der Waals surface area contributed by atoms with Crippen LogP contribution in [0.1, 0.15) is 23.5 Å². The Labute approximate surface area is 142 Å². The molecule has 2 aliphatic heterocycles. The van der Waals surface area contributed by atoms with E-state index in [1.165, 1.54) is 0 Å². The van der Waals surface area contributed by atoms with Crippen LogP contribution < -0.4 is 14.8 Å². The molecule has 7 heteroatoms. The lowest BCUT2D eigenvalue weighted by molar-refractivity contribution is -0.139. The van der Waals surface area contributed by atoms with E-state index in [1.807, 2.05) is 12.1 Å². The standard InChI is InChI=1S/C18H14N2O5/c21-13-4-2-9-12(5-6-19-17(9)20-13)24-8-1-3-11-10(7-8)14-15(18(22)23)16(14)25-11/h1,3,5-7,14-16H,2,4H2,(H,22,23)(H,19,20,21)/t14?,15-,16?/m1/s1. The summed E-state index contributed by atoms with van der Waals surface area (Å²) in [5, 5.41) is 11.9. The average molecular weight is 338 g/mol. The Morgan fingerprint density at radius 3 is 3.04 bits per heavy atom. The normalized spacial score (nSPS) is 25.1. The topological polar surface area (TPSA) is 97.8 Å². The molecular formula is C18H14N2O5. The first-order valence-electron chi connectivity index (χ1n) is 8.11. The molecule has 126 valence electrons. The van der Waals surface area contributed by atoms with Crippen LogP contribution in [-0.4, -0.2) is 28.1 Å². The van der Waals surface area contributed by atoms with E-state index < -0.39 is 11.9 Å². The van der Waals surface area contributed by atoms with E-state index in [1.54, 1.807) is 18.3 Å². The van der Waals surface area contributed by atoms with Crippen LogP contribution in [0.25, 0.3) is 0 Å². The van der Waals surface area contributed by atoms with Crippen LogP contribution >= 0.6 is 0 Å². The number of rotatable bonds is 3. The van der Waals surface area contributed by atoms with Crippen molar-refractivity contribution in [1.29, 1.82) is 0 Å². The second kappa shape index (κ2) is 4.95. The van der Waals surface area contributed by atoms with Gasteiger partial charge in [-0.05, 0) is 30.7 Å². The molecule has 1 aromatic heterocycles. The second-order valence-electron chi connectivity index (χ2n) is 6.46. The first kappa shape index (κ1) is 14.3. The quantitative estimate of drug-likeness (QED) is 0.891. The monoisotopic (exact) mass is 338 g/mol. The fourth-order valence-electron chi connectivity index (χ4n) is 3.68. The number of hydrogen-bond donors (Lipinski definition) is 2. The predicted octanol–water partition coefficient (Wildman–Crippen LogP) is 2.32. The summed E-state index contributed by atoms with van der Waals surface area (Å²) < 4.78 is 11.7. The fraction of sp³-hybridized carbons (Fsp3) is 0.278. The summed E-state index contributed by atoms with van der Waals surface area (Å²) in [6.45, 7) is 0. The largest absolute Gasteiger partial charge is 0.489 e. The number of pyridine rings is 1. The predicted molar refractivity (Wildman–Crippen MR) is 86.0 cm³/mol. The van der Waals surface area contributed by atoms with Gasteiger partial charge in [0.1, 0.15) is 35.1 Å². The van der Waals surface area contributed by atoms with Crippen molar-refractivity contribution in [3.8, 4) is 17.2 Å². The van der Waals surface area contributed by atoms with Gasteiger partial charge < -0.3 is 19.9 Å². The zero-order valence-electron chi connectivity index (χ0n) is 13.1. The number of carboxylic acid groups (broad SMARTS) is 1. The molecule has 0 spiro atoms. The van der Waals surface area contributed by atoms with E-state index in [0.717, 1.165) is 16.9 Å². The molecule has 1 saturated carbocycles. The number of nitrogens with one attached hydrogen (secondary N) is 1. The SMILES string of the molecule is O=C1CCc2c(Oc3ccc4c(c3)C3C(O4)[C@@H]3C(=O)O)ccnc2N1. The number of anilines is 1. The number of benzene rings is 1. The van der Waals surface area contributed by atoms with E-state index in [4.69, 9.17) is 9.47 Å². The van der Waals surface area contributed by atoms with Gasteiger partial charge in [0.25, 0.3) is 0 Å². The van der Waals surface area contributed by atoms with E-state index >= 15 is 0 Å². The van der Waals surface area contributed by atoms with Gasteiger partial charge in [0, 0.05) is 29.7 Å². The van der Waals surface area contributed by atoms with Gasteiger partial charge in [-0.25, -0.2) is 4.98 Å². The number of carbonyl (C=O) groups excluding carboxylic acids is 1. The average Bonchev–Trinajstić information content (AvgIpc) is 3.19. The van der Waals surface area contributed by atoms with Crippen molar-refractivity contribution in [3.05, 3.63) is 41.6 Å². The molecule has 3 heterocycles. The highest BCUT2D eigenvalue weighted by Crippen LogP contribution is 2.59. The molecule has 2 aromatic rings. The van der Waals surface area contributed by atoms with E-state index in [2.05, 4.69) is 10.3 Å². The van der Waals surface area contributed by atoms with Crippen molar-refractivity contribution in [2.45, 2.75) is 24.9 Å². The molecule has 3 atom stereocenters. The van der Waals surface area contributed by atoms with Crippen LogP contribution in [0.2, 0.25) is 0 Å². The summed E-state index contributed by atoms with van der Waals surface area (Å²) in [4.78, 5) is 26.9. The molecule has 7 nitrogen and oxygen atoms in total. The van der Waals surface area contributed by atoms with Gasteiger partial charge in [0.05, 0.1) is 0 Å². The number of nitrogens with zero attached hydrogens (tertiary/aromatic N) is 1. The molecule has 1 fully saturated rings. The third-order valence-electron chi connectivity index (χ3n) is 4.94. The van der Waals surface area contributed by atoms with Crippen LogP contribution in [0.4, 0.5) is 5.82 Å². The molecule has 2 unspecified atom stereocenters. The Morgan fingerprint density at radius 1 is 1.32 bits per heavy atom. The molecule has 0 bridgehead atoms. The second-order valence-corrected chi connectivity index (χ2v) is 6.46. The van der Waals surface area contributed by atoms with E-state index in [0.29, 0.717) is 30.2 Å². The third-order valence-corrected chi connectivity index (χ3v) is 4.94. The molecule has 2 N–H and O–H groups in total. The number of amides is 1. The minimum atomic E-state index is -0.828. The number of ether oxygens (including phenoxy) is 2. The number of fused-ring (bicyclic) bond motifs is 4. The molecular weight excluding hydrogens is 324 g/mol. The third kappa shape index (κ3) is 2.15. The molecule has 25 heavy (non-hydrogen) atoms. The first-order valence-corrected chi connectivity index (χ1v) is 8.11. The van der Waals surface area contributed by atoms with Gasteiger partial charge in [0.2, 0.25) is 5.91 Å². The lowest BCUT2D eigenvalue weighted by atomic mass is 10.1. The smallest absolute Gasteiger partial charge is 0.311 e. The number of hydrogen-bond acceptors (Lipinski definition) is 5. The molecule has 0 radical (unpaired) electrons. The highest BCUT2D eigenvalue weighted by Gasteiger charge is 2.63. The summed E-state index contributed by atoms with van der Waals surface area (Å²) in [6, 6.07) is 7.22. The van der Waals surface area contributed by atoms with Crippen molar-refractivity contribution in [1.82, 2.24) is 4.98 Å². The molecule has 5 rings (SSSR count). The molecule has 1 aromatic carbocycles. The summed E-state index contributed by atoms with van der Waals surface area (Å²) in [5.41, 5.74) is 1.75. The maximum absolute atomic E-state index is 11.5. The highest BCUT2D eigenvalue weighted by atomic mass is 16.5. The van der Waals surface area contributed by atoms with Crippen LogP contribution in [-0.2, 0) is 16.0 Å². The van der Waals surface area contributed by atoms with Crippen LogP contribution in [0.3, 0.4) is 0 Å². The Balaban J connectivity index is 1.44. The minimum absolute atomic E-state index is 0.0497. The van der Waals surface area contributed by atoms with Crippen molar-refractivity contribution >= 4 is 17.7 Å². The molecule has 1 aliphatic carbocycles. The number of aliphatic carboxylic acids is 1. The lowest BCUT2D eigenvalue weighted by Gasteiger charge is -2.19. The van der Waals surface area contributed by atoms with Crippen LogP contribution in [0.5, 0.6) is 17.2 Å². The summed E-state index contributed by atoms with van der Waals surface area (Å²) in [6.07, 6.45) is 2.31. The molecule has 1 amide bonds. The van der Waals surface area contributed by atoms with Crippen molar-refractivity contribution < 1.29 is 24.2 Å². The summed E-state index contributed by atoms with van der Waals surface area (Å²) in [5.74, 6) is 1.08. The molecule has 0 saturated heterocycles. The van der Waals surface area contributed by atoms with Gasteiger partial charge in [-0.2, -0.15) is 0 Å². The van der Waals surface area contributed by atoms with Crippen molar-refractivity contribution in [2.24, 2.45) is 5.92 Å². The Morgan fingerprint density at radius 2 is 2.20 bits per heavy atom. The summed E-state index contributed by atoms with van der Waals surface area (Å²) in [7, 11) is 0. The number of carboxylic acids is 1. The fourth-order valence-corrected chi connectivity index (χ4v) is 3.68. The van der Waals surface area contributed by atoms with Crippen LogP contribution in [0.15, 0.2) is 30.5 Å². The van der Waals surface area contributed by atoms with Gasteiger partial charge in [-0.15, -0.1) is 0 Å². The van der Waals surface area contributed by atoms with Gasteiger partial charge in [-0.1, -0.05) is 0 Å².